The van der Waals surface area contributed by atoms with Gasteiger partial charge in [-0.3, -0.25) is 4.79 Å². The molecule has 0 heterocycles. The Kier molecular flexibility index (Phi) is 4.59. The Morgan fingerprint density at radius 3 is 2.32 bits per heavy atom. The number of benzene rings is 1. The standard InChI is InChI=1S/C16H24N2O/c1-3-12-5-7-13(8-6-12)11-18(14-9-10-14)16(19)15(17)4-2/h5-8,14-15H,3-4,9-11,17H2,1-2H3/t15-/m0/s1. The Balaban J connectivity index is 2.05. The zero-order chi connectivity index (χ0) is 13.8. The van der Waals surface area contributed by atoms with Gasteiger partial charge in [0.15, 0.2) is 0 Å². The molecule has 3 heteroatoms. The molecule has 0 radical (unpaired) electrons. The van der Waals surface area contributed by atoms with Gasteiger partial charge in [-0.1, -0.05) is 38.1 Å². The predicted octanol–water partition coefficient (Wildman–Crippen LogP) is 2.48. The first-order chi connectivity index (χ1) is 9.15. The lowest BCUT2D eigenvalue weighted by molar-refractivity contribution is -0.133. The van der Waals surface area contributed by atoms with Gasteiger partial charge in [0.25, 0.3) is 0 Å². The maximum Gasteiger partial charge on any atom is 0.240 e. The summed E-state index contributed by atoms with van der Waals surface area (Å²) in [6, 6.07) is 8.60. The van der Waals surface area contributed by atoms with E-state index in [0.717, 1.165) is 19.3 Å². The van der Waals surface area contributed by atoms with E-state index in [1.165, 1.54) is 11.1 Å². The first-order valence-corrected chi connectivity index (χ1v) is 7.29. The van der Waals surface area contributed by atoms with Crippen molar-refractivity contribution in [3.05, 3.63) is 35.4 Å². The molecular formula is C16H24N2O. The Morgan fingerprint density at radius 1 is 1.26 bits per heavy atom. The fraction of sp³-hybridized carbons (Fsp3) is 0.562. The van der Waals surface area contributed by atoms with Crippen molar-refractivity contribution < 1.29 is 4.79 Å². The van der Waals surface area contributed by atoms with Crippen molar-refractivity contribution in [3.8, 4) is 0 Å². The molecule has 0 unspecified atom stereocenters. The first kappa shape index (κ1) is 14.1. The molecule has 1 amide bonds. The topological polar surface area (TPSA) is 46.3 Å². The minimum absolute atomic E-state index is 0.101. The van der Waals surface area contributed by atoms with Crippen LogP contribution in [0, 0.1) is 0 Å². The van der Waals surface area contributed by atoms with E-state index < -0.39 is 0 Å². The molecule has 1 aromatic carbocycles. The maximum absolute atomic E-state index is 12.3. The molecule has 1 aliphatic rings. The maximum atomic E-state index is 12.3. The summed E-state index contributed by atoms with van der Waals surface area (Å²) in [6.45, 7) is 4.81. The molecule has 0 aliphatic heterocycles. The number of hydrogen-bond acceptors (Lipinski definition) is 2. The average Bonchev–Trinajstić information content (AvgIpc) is 3.28. The molecule has 1 atom stereocenters. The highest BCUT2D eigenvalue weighted by molar-refractivity contribution is 5.82. The lowest BCUT2D eigenvalue weighted by atomic mass is 10.1. The minimum Gasteiger partial charge on any atom is -0.334 e. The van der Waals surface area contributed by atoms with E-state index in [1.54, 1.807) is 0 Å². The largest absolute Gasteiger partial charge is 0.334 e. The third-order valence-electron chi connectivity index (χ3n) is 3.81. The highest BCUT2D eigenvalue weighted by atomic mass is 16.2. The van der Waals surface area contributed by atoms with Crippen LogP contribution in [-0.2, 0) is 17.8 Å². The SMILES string of the molecule is CCc1ccc(CN(C(=O)[C@@H](N)CC)C2CC2)cc1. The highest BCUT2D eigenvalue weighted by Gasteiger charge is 2.34. The van der Waals surface area contributed by atoms with E-state index in [0.29, 0.717) is 19.0 Å². The molecule has 1 fully saturated rings. The molecule has 19 heavy (non-hydrogen) atoms. The van der Waals surface area contributed by atoms with E-state index in [4.69, 9.17) is 5.73 Å². The third-order valence-corrected chi connectivity index (χ3v) is 3.81. The van der Waals surface area contributed by atoms with Crippen LogP contribution in [0.2, 0.25) is 0 Å². The quantitative estimate of drug-likeness (QED) is 0.854. The van der Waals surface area contributed by atoms with Crippen LogP contribution in [0.5, 0.6) is 0 Å². The Labute approximate surface area is 115 Å². The molecule has 2 rings (SSSR count). The number of nitrogens with two attached hydrogens (primary N) is 1. The lowest BCUT2D eigenvalue weighted by Crippen LogP contribution is -2.44. The van der Waals surface area contributed by atoms with E-state index in [1.807, 2.05) is 11.8 Å². The monoisotopic (exact) mass is 260 g/mol. The van der Waals surface area contributed by atoms with E-state index in [9.17, 15) is 4.79 Å². The molecule has 3 nitrogen and oxygen atoms in total. The van der Waals surface area contributed by atoms with Crippen molar-refractivity contribution >= 4 is 5.91 Å². The summed E-state index contributed by atoms with van der Waals surface area (Å²) < 4.78 is 0. The van der Waals surface area contributed by atoms with Gasteiger partial charge >= 0.3 is 0 Å². The number of aryl methyl sites for hydroxylation is 1. The zero-order valence-corrected chi connectivity index (χ0v) is 11.9. The predicted molar refractivity (Wildman–Crippen MR) is 77.7 cm³/mol. The number of carbonyl (C=O) groups excluding carboxylic acids is 1. The van der Waals surface area contributed by atoms with Gasteiger partial charge in [-0.25, -0.2) is 0 Å². The van der Waals surface area contributed by atoms with Gasteiger partial charge in [0, 0.05) is 12.6 Å². The number of amides is 1. The second-order valence-corrected chi connectivity index (χ2v) is 5.38. The number of hydrogen-bond donors (Lipinski definition) is 1. The van der Waals surface area contributed by atoms with Gasteiger partial charge in [-0.05, 0) is 36.8 Å². The van der Waals surface area contributed by atoms with Gasteiger partial charge < -0.3 is 10.6 Å². The van der Waals surface area contributed by atoms with Gasteiger partial charge in [0.2, 0.25) is 5.91 Å². The Bertz CT molecular complexity index is 423. The molecule has 2 N–H and O–H groups in total. The van der Waals surface area contributed by atoms with Crippen LogP contribution < -0.4 is 5.73 Å². The van der Waals surface area contributed by atoms with Gasteiger partial charge in [-0.15, -0.1) is 0 Å². The smallest absolute Gasteiger partial charge is 0.240 e. The zero-order valence-electron chi connectivity index (χ0n) is 11.9. The number of carbonyl (C=O) groups is 1. The summed E-state index contributed by atoms with van der Waals surface area (Å²) in [4.78, 5) is 14.3. The van der Waals surface area contributed by atoms with Gasteiger partial charge in [0.1, 0.15) is 0 Å². The summed E-state index contributed by atoms with van der Waals surface area (Å²) in [5.74, 6) is 0.101. The van der Waals surface area contributed by atoms with Crippen molar-refractivity contribution in [2.45, 2.75) is 58.2 Å². The molecule has 1 aliphatic carbocycles. The van der Waals surface area contributed by atoms with Crippen LogP contribution in [0.15, 0.2) is 24.3 Å². The molecule has 0 bridgehead atoms. The molecular weight excluding hydrogens is 236 g/mol. The average molecular weight is 260 g/mol. The second-order valence-electron chi connectivity index (χ2n) is 5.38. The van der Waals surface area contributed by atoms with Crippen LogP contribution in [0.25, 0.3) is 0 Å². The molecule has 0 saturated heterocycles. The fourth-order valence-corrected chi connectivity index (χ4v) is 2.24. The summed E-state index contributed by atoms with van der Waals surface area (Å²) in [5.41, 5.74) is 8.42. The van der Waals surface area contributed by atoms with Crippen LogP contribution in [0.1, 0.15) is 44.2 Å². The fourth-order valence-electron chi connectivity index (χ4n) is 2.24. The van der Waals surface area contributed by atoms with Gasteiger partial charge in [0.05, 0.1) is 6.04 Å². The molecule has 1 saturated carbocycles. The summed E-state index contributed by atoms with van der Waals surface area (Å²) in [6.07, 6.45) is 3.99. The van der Waals surface area contributed by atoms with Crippen LogP contribution in [0.3, 0.4) is 0 Å². The summed E-state index contributed by atoms with van der Waals surface area (Å²) in [7, 11) is 0. The second kappa shape index (κ2) is 6.20. The van der Waals surface area contributed by atoms with Crippen molar-refractivity contribution in [1.82, 2.24) is 4.90 Å². The first-order valence-electron chi connectivity index (χ1n) is 7.29. The number of rotatable bonds is 6. The number of nitrogens with zero attached hydrogens (tertiary/aromatic N) is 1. The normalized spacial score (nSPS) is 16.2. The molecule has 0 aromatic heterocycles. The summed E-state index contributed by atoms with van der Waals surface area (Å²) >= 11 is 0. The molecule has 104 valence electrons. The molecule has 0 spiro atoms. The van der Waals surface area contributed by atoms with Crippen LogP contribution in [-0.4, -0.2) is 22.9 Å². The minimum atomic E-state index is -0.351. The third kappa shape index (κ3) is 3.57. The Hall–Kier alpha value is -1.35. The van der Waals surface area contributed by atoms with Crippen molar-refractivity contribution in [1.29, 1.82) is 0 Å². The van der Waals surface area contributed by atoms with E-state index in [2.05, 4.69) is 31.2 Å². The van der Waals surface area contributed by atoms with Crippen LogP contribution in [0.4, 0.5) is 0 Å². The lowest BCUT2D eigenvalue weighted by Gasteiger charge is -2.25. The van der Waals surface area contributed by atoms with E-state index in [-0.39, 0.29) is 11.9 Å². The van der Waals surface area contributed by atoms with Gasteiger partial charge in [-0.2, -0.15) is 0 Å². The van der Waals surface area contributed by atoms with Crippen LogP contribution >= 0.6 is 0 Å². The van der Waals surface area contributed by atoms with Crippen molar-refractivity contribution in [3.63, 3.8) is 0 Å². The van der Waals surface area contributed by atoms with Crippen molar-refractivity contribution in [2.75, 3.05) is 0 Å². The van der Waals surface area contributed by atoms with Crippen molar-refractivity contribution in [2.24, 2.45) is 5.73 Å². The summed E-state index contributed by atoms with van der Waals surface area (Å²) in [5, 5.41) is 0. The molecule has 1 aromatic rings. The highest BCUT2D eigenvalue weighted by Crippen LogP contribution is 2.29. The Morgan fingerprint density at radius 2 is 1.84 bits per heavy atom. The van der Waals surface area contributed by atoms with E-state index >= 15 is 0 Å².